The number of rotatable bonds is 7. The summed E-state index contributed by atoms with van der Waals surface area (Å²) in [5.74, 6) is 0. The highest BCUT2D eigenvalue weighted by Crippen LogP contribution is 2.47. The zero-order chi connectivity index (χ0) is 15.3. The summed E-state index contributed by atoms with van der Waals surface area (Å²) in [5.41, 5.74) is 5.02. The monoisotopic (exact) mass is 287 g/mol. The fourth-order valence-corrected chi connectivity index (χ4v) is 4.03. The molecule has 1 heteroatoms. The fourth-order valence-electron chi connectivity index (χ4n) is 4.03. The number of benzene rings is 1. The molecule has 1 N–H and O–H groups in total. The fraction of sp³-hybridized carbons (Fsp3) is 0.700. The molecular weight excluding hydrogens is 254 g/mol. The van der Waals surface area contributed by atoms with E-state index in [1.165, 1.54) is 43.2 Å². The average molecular weight is 287 g/mol. The van der Waals surface area contributed by atoms with Crippen molar-refractivity contribution in [1.82, 2.24) is 5.32 Å². The minimum absolute atomic E-state index is 0.438. The van der Waals surface area contributed by atoms with Crippen molar-refractivity contribution >= 4 is 0 Å². The first-order valence-electron chi connectivity index (χ1n) is 8.99. The molecule has 0 spiro atoms. The highest BCUT2D eigenvalue weighted by Gasteiger charge is 2.37. The van der Waals surface area contributed by atoms with Crippen molar-refractivity contribution in [2.24, 2.45) is 5.41 Å². The Bertz CT molecular complexity index is 443. The highest BCUT2D eigenvalue weighted by atomic mass is 14.9. The lowest BCUT2D eigenvalue weighted by atomic mass is 9.76. The summed E-state index contributed by atoms with van der Waals surface area (Å²) in [6.45, 7) is 10.4. The second-order valence-electron chi connectivity index (χ2n) is 6.98. The molecule has 0 heterocycles. The van der Waals surface area contributed by atoms with Crippen molar-refractivity contribution in [3.63, 3.8) is 0 Å². The first kappa shape index (κ1) is 16.5. The van der Waals surface area contributed by atoms with E-state index in [0.29, 0.717) is 11.5 Å². The molecule has 0 aromatic heterocycles. The van der Waals surface area contributed by atoms with E-state index in [1.54, 1.807) is 5.56 Å². The normalized spacial score (nSPS) is 18.9. The quantitative estimate of drug-likeness (QED) is 0.705. The molecule has 1 aliphatic carbocycles. The minimum Gasteiger partial charge on any atom is -0.309 e. The van der Waals surface area contributed by atoms with Crippen molar-refractivity contribution in [2.75, 3.05) is 6.54 Å². The van der Waals surface area contributed by atoms with Gasteiger partial charge in [0.1, 0.15) is 0 Å². The molecule has 118 valence electrons. The summed E-state index contributed by atoms with van der Waals surface area (Å²) in [5, 5.41) is 3.86. The van der Waals surface area contributed by atoms with Gasteiger partial charge in [0.2, 0.25) is 0 Å². The average Bonchev–Trinajstić information content (AvgIpc) is 2.95. The Morgan fingerprint density at radius 2 is 1.71 bits per heavy atom. The summed E-state index contributed by atoms with van der Waals surface area (Å²) >= 11 is 0. The molecule has 1 aromatic rings. The van der Waals surface area contributed by atoms with Crippen molar-refractivity contribution in [3.8, 4) is 0 Å². The van der Waals surface area contributed by atoms with Gasteiger partial charge in [0, 0.05) is 6.04 Å². The van der Waals surface area contributed by atoms with Crippen LogP contribution in [0.5, 0.6) is 0 Å². The smallest absolute Gasteiger partial charge is 0.0374 e. The number of aryl methyl sites for hydroxylation is 2. The van der Waals surface area contributed by atoms with E-state index in [2.05, 4.69) is 51.2 Å². The van der Waals surface area contributed by atoms with Gasteiger partial charge in [-0.15, -0.1) is 0 Å². The zero-order valence-electron chi connectivity index (χ0n) is 14.5. The molecular formula is C20H33N. The summed E-state index contributed by atoms with van der Waals surface area (Å²) in [6, 6.07) is 7.76. The first-order chi connectivity index (χ1) is 10.1. The SMILES string of the molecule is CCCNC(c1ccc(CC)c(CC)c1)C1(C)CCCC1. The van der Waals surface area contributed by atoms with Crippen LogP contribution < -0.4 is 5.32 Å². The predicted molar refractivity (Wildman–Crippen MR) is 92.8 cm³/mol. The Kier molecular flexibility index (Phi) is 5.87. The molecule has 2 rings (SSSR count). The molecule has 1 aromatic carbocycles. The van der Waals surface area contributed by atoms with Crippen molar-refractivity contribution < 1.29 is 0 Å². The molecule has 1 unspecified atom stereocenters. The third-order valence-corrected chi connectivity index (χ3v) is 5.37. The molecule has 1 fully saturated rings. The van der Waals surface area contributed by atoms with Crippen LogP contribution in [0.25, 0.3) is 0 Å². The lowest BCUT2D eigenvalue weighted by Gasteiger charge is -2.36. The zero-order valence-corrected chi connectivity index (χ0v) is 14.5. The summed E-state index contributed by atoms with van der Waals surface area (Å²) < 4.78 is 0. The Morgan fingerprint density at radius 3 is 2.29 bits per heavy atom. The van der Waals surface area contributed by atoms with Gasteiger partial charge in [0.25, 0.3) is 0 Å². The van der Waals surface area contributed by atoms with E-state index in [4.69, 9.17) is 0 Å². The van der Waals surface area contributed by atoms with Crippen LogP contribution >= 0.6 is 0 Å². The maximum Gasteiger partial charge on any atom is 0.0374 e. The van der Waals surface area contributed by atoms with Crippen molar-refractivity contribution in [3.05, 3.63) is 34.9 Å². The molecule has 0 aliphatic heterocycles. The third kappa shape index (κ3) is 3.69. The summed E-state index contributed by atoms with van der Waals surface area (Å²) in [4.78, 5) is 0. The van der Waals surface area contributed by atoms with Gasteiger partial charge in [0.15, 0.2) is 0 Å². The van der Waals surface area contributed by atoms with Gasteiger partial charge in [0.05, 0.1) is 0 Å². The van der Waals surface area contributed by atoms with Crippen LogP contribution in [0.1, 0.15) is 82.5 Å². The molecule has 0 saturated heterocycles. The number of nitrogens with one attached hydrogen (secondary N) is 1. The summed E-state index contributed by atoms with van der Waals surface area (Å²) in [7, 11) is 0. The van der Waals surface area contributed by atoms with Gasteiger partial charge in [-0.05, 0) is 60.8 Å². The van der Waals surface area contributed by atoms with E-state index in [-0.39, 0.29) is 0 Å². The first-order valence-corrected chi connectivity index (χ1v) is 8.99. The highest BCUT2D eigenvalue weighted by molar-refractivity contribution is 5.34. The van der Waals surface area contributed by atoms with Crippen molar-refractivity contribution in [1.29, 1.82) is 0 Å². The number of hydrogen-bond acceptors (Lipinski definition) is 1. The van der Waals surface area contributed by atoms with E-state index < -0.39 is 0 Å². The van der Waals surface area contributed by atoms with Gasteiger partial charge in [-0.1, -0.05) is 58.7 Å². The van der Waals surface area contributed by atoms with Crippen LogP contribution in [-0.4, -0.2) is 6.54 Å². The maximum atomic E-state index is 3.86. The third-order valence-electron chi connectivity index (χ3n) is 5.37. The topological polar surface area (TPSA) is 12.0 Å². The van der Waals surface area contributed by atoms with E-state index in [0.717, 1.165) is 19.4 Å². The Balaban J connectivity index is 2.31. The second kappa shape index (κ2) is 7.45. The van der Waals surface area contributed by atoms with Crippen LogP contribution in [0.3, 0.4) is 0 Å². The van der Waals surface area contributed by atoms with Crippen LogP contribution in [0, 0.1) is 5.41 Å². The Labute approximate surface area is 131 Å². The largest absolute Gasteiger partial charge is 0.309 e. The minimum atomic E-state index is 0.438. The van der Waals surface area contributed by atoms with Gasteiger partial charge in [-0.25, -0.2) is 0 Å². The van der Waals surface area contributed by atoms with E-state index in [1.807, 2.05) is 0 Å². The number of hydrogen-bond donors (Lipinski definition) is 1. The molecule has 0 radical (unpaired) electrons. The molecule has 1 nitrogen and oxygen atoms in total. The van der Waals surface area contributed by atoms with Crippen LogP contribution in [0.15, 0.2) is 18.2 Å². The Hall–Kier alpha value is -0.820. The molecule has 1 aliphatic rings. The Morgan fingerprint density at radius 1 is 1.05 bits per heavy atom. The lowest BCUT2D eigenvalue weighted by Crippen LogP contribution is -2.35. The van der Waals surface area contributed by atoms with Gasteiger partial charge >= 0.3 is 0 Å². The second-order valence-corrected chi connectivity index (χ2v) is 6.98. The van der Waals surface area contributed by atoms with Crippen LogP contribution in [0.4, 0.5) is 0 Å². The van der Waals surface area contributed by atoms with E-state index in [9.17, 15) is 0 Å². The molecule has 21 heavy (non-hydrogen) atoms. The van der Waals surface area contributed by atoms with Crippen LogP contribution in [-0.2, 0) is 12.8 Å². The molecule has 1 saturated carbocycles. The van der Waals surface area contributed by atoms with E-state index >= 15 is 0 Å². The molecule has 0 bridgehead atoms. The maximum absolute atomic E-state index is 3.86. The summed E-state index contributed by atoms with van der Waals surface area (Å²) in [6.07, 6.45) is 9.03. The van der Waals surface area contributed by atoms with Gasteiger partial charge in [-0.2, -0.15) is 0 Å². The molecule has 1 atom stereocenters. The van der Waals surface area contributed by atoms with Crippen LogP contribution in [0.2, 0.25) is 0 Å². The van der Waals surface area contributed by atoms with Gasteiger partial charge in [-0.3, -0.25) is 0 Å². The standard InChI is InChI=1S/C20H33N/c1-5-14-21-19(20(4)12-8-9-13-20)18-11-10-16(6-2)17(7-3)15-18/h10-11,15,19,21H,5-9,12-14H2,1-4H3. The molecule has 0 amide bonds. The van der Waals surface area contributed by atoms with Crippen molar-refractivity contribution in [2.45, 2.75) is 78.7 Å². The lowest BCUT2D eigenvalue weighted by molar-refractivity contribution is 0.223. The van der Waals surface area contributed by atoms with Gasteiger partial charge < -0.3 is 5.32 Å². The predicted octanol–water partition coefficient (Wildman–Crippen LogP) is 5.43.